The molecule has 2 rings (SSSR count). The van der Waals surface area contributed by atoms with Crippen LogP contribution in [0.4, 0.5) is 10.2 Å². The van der Waals surface area contributed by atoms with Crippen LogP contribution in [0.2, 0.25) is 5.02 Å². The summed E-state index contributed by atoms with van der Waals surface area (Å²) >= 11 is 5.66. The summed E-state index contributed by atoms with van der Waals surface area (Å²) < 4.78 is 13.5. The van der Waals surface area contributed by atoms with Crippen LogP contribution in [-0.2, 0) is 0 Å². The highest BCUT2D eigenvalue weighted by atomic mass is 35.5. The van der Waals surface area contributed by atoms with Crippen molar-refractivity contribution in [1.82, 2.24) is 4.98 Å². The highest BCUT2D eigenvalue weighted by Crippen LogP contribution is 2.29. The fourth-order valence-electron chi connectivity index (χ4n) is 2.47. The molecule has 1 fully saturated rings. The molecule has 1 aromatic heterocycles. The number of rotatable bonds is 3. The van der Waals surface area contributed by atoms with E-state index >= 15 is 0 Å². The van der Waals surface area contributed by atoms with Gasteiger partial charge in [0.05, 0.1) is 5.02 Å². The summed E-state index contributed by atoms with van der Waals surface area (Å²) in [6.07, 6.45) is 6.59. The topological polar surface area (TPSA) is 24.9 Å². The number of hydrogen-bond acceptors (Lipinski definition) is 2. The lowest BCUT2D eigenvalue weighted by molar-refractivity contribution is 0.268. The molecule has 0 amide bonds. The lowest BCUT2D eigenvalue weighted by atomic mass is 9.80. The minimum atomic E-state index is -0.374. The van der Waals surface area contributed by atoms with Crippen LogP contribution in [0, 0.1) is 17.7 Å². The average Bonchev–Trinajstić information content (AvgIpc) is 2.30. The maximum atomic E-state index is 13.5. The van der Waals surface area contributed by atoms with Crippen molar-refractivity contribution >= 4 is 17.4 Å². The lowest BCUT2D eigenvalue weighted by Gasteiger charge is -2.28. The van der Waals surface area contributed by atoms with Gasteiger partial charge in [0.1, 0.15) is 0 Å². The van der Waals surface area contributed by atoms with Gasteiger partial charge in [-0.2, -0.15) is 0 Å². The Morgan fingerprint density at radius 1 is 1.47 bits per heavy atom. The first-order chi connectivity index (χ1) is 8.16. The molecule has 1 aromatic rings. The number of pyridine rings is 1. The summed E-state index contributed by atoms with van der Waals surface area (Å²) in [6.45, 7) is 3.07. The predicted octanol–water partition coefficient (Wildman–Crippen LogP) is 4.11. The van der Waals surface area contributed by atoms with Crippen molar-refractivity contribution in [3.63, 3.8) is 0 Å². The second-order valence-corrected chi connectivity index (χ2v) is 5.32. The molecule has 0 radical (unpaired) electrons. The zero-order valence-corrected chi connectivity index (χ0v) is 10.8. The first-order valence-corrected chi connectivity index (χ1v) is 6.59. The van der Waals surface area contributed by atoms with Crippen LogP contribution < -0.4 is 5.32 Å². The molecule has 1 aliphatic carbocycles. The van der Waals surface area contributed by atoms with Crippen LogP contribution in [0.1, 0.15) is 32.6 Å². The molecule has 1 saturated carbocycles. The van der Waals surface area contributed by atoms with Gasteiger partial charge in [-0.3, -0.25) is 0 Å². The summed E-state index contributed by atoms with van der Waals surface area (Å²) in [4.78, 5) is 3.97. The summed E-state index contributed by atoms with van der Waals surface area (Å²) in [5.74, 6) is 1.28. The molecule has 2 unspecified atom stereocenters. The van der Waals surface area contributed by atoms with Crippen LogP contribution >= 0.6 is 11.6 Å². The molecule has 0 aromatic carbocycles. The molecule has 1 aliphatic rings. The number of nitrogens with zero attached hydrogens (tertiary/aromatic N) is 1. The van der Waals surface area contributed by atoms with Crippen LogP contribution in [0.25, 0.3) is 0 Å². The average molecular weight is 257 g/mol. The molecule has 0 bridgehead atoms. The molecule has 0 aliphatic heterocycles. The Bertz CT molecular complexity index is 384. The third-order valence-corrected chi connectivity index (χ3v) is 3.84. The van der Waals surface area contributed by atoms with Crippen molar-refractivity contribution in [2.45, 2.75) is 32.6 Å². The molecular weight excluding hydrogens is 239 g/mol. The molecule has 0 saturated heterocycles. The number of aromatic nitrogens is 1. The van der Waals surface area contributed by atoms with Gasteiger partial charge in [-0.25, -0.2) is 9.37 Å². The Balaban J connectivity index is 1.92. The minimum absolute atomic E-state index is 0.312. The third-order valence-electron chi connectivity index (χ3n) is 3.63. The van der Waals surface area contributed by atoms with Gasteiger partial charge < -0.3 is 5.32 Å². The highest BCUT2D eigenvalue weighted by molar-refractivity contribution is 6.30. The fraction of sp³-hybridized carbons (Fsp3) is 0.615. The monoisotopic (exact) mass is 256 g/mol. The molecule has 17 heavy (non-hydrogen) atoms. The van der Waals surface area contributed by atoms with E-state index in [1.807, 2.05) is 0 Å². The maximum absolute atomic E-state index is 13.5. The summed E-state index contributed by atoms with van der Waals surface area (Å²) in [6, 6.07) is 1.29. The van der Waals surface area contributed by atoms with Crippen molar-refractivity contribution in [2.24, 2.45) is 11.8 Å². The molecule has 0 spiro atoms. The van der Waals surface area contributed by atoms with Crippen molar-refractivity contribution in [1.29, 1.82) is 0 Å². The number of hydrogen-bond donors (Lipinski definition) is 1. The first-order valence-electron chi connectivity index (χ1n) is 6.21. The molecule has 2 nitrogen and oxygen atoms in total. The second kappa shape index (κ2) is 5.67. The van der Waals surface area contributed by atoms with E-state index in [0.717, 1.165) is 6.54 Å². The van der Waals surface area contributed by atoms with Crippen LogP contribution in [0.3, 0.4) is 0 Å². The van der Waals surface area contributed by atoms with E-state index in [2.05, 4.69) is 17.2 Å². The first kappa shape index (κ1) is 12.6. The highest BCUT2D eigenvalue weighted by Gasteiger charge is 2.21. The van der Waals surface area contributed by atoms with E-state index in [4.69, 9.17) is 11.6 Å². The number of nitrogens with one attached hydrogen (secondary N) is 1. The summed E-state index contributed by atoms with van der Waals surface area (Å²) in [5, 5.41) is 3.43. The Hall–Kier alpha value is -0.830. The smallest absolute Gasteiger partial charge is 0.166 e. The zero-order valence-electron chi connectivity index (χ0n) is 10.0. The van der Waals surface area contributed by atoms with Crippen molar-refractivity contribution in [3.05, 3.63) is 23.1 Å². The Morgan fingerprint density at radius 2 is 2.24 bits per heavy atom. The van der Waals surface area contributed by atoms with Crippen molar-refractivity contribution in [3.8, 4) is 0 Å². The van der Waals surface area contributed by atoms with E-state index in [0.29, 0.717) is 22.7 Å². The quantitative estimate of drug-likeness (QED) is 0.880. The van der Waals surface area contributed by atoms with E-state index in [-0.39, 0.29) is 5.82 Å². The van der Waals surface area contributed by atoms with Gasteiger partial charge in [-0.05, 0) is 24.3 Å². The van der Waals surface area contributed by atoms with E-state index in [9.17, 15) is 4.39 Å². The van der Waals surface area contributed by atoms with Gasteiger partial charge in [0, 0.05) is 12.7 Å². The summed E-state index contributed by atoms with van der Waals surface area (Å²) in [5.41, 5.74) is 0. The Kier molecular flexibility index (Phi) is 4.21. The molecule has 1 N–H and O–H groups in total. The van der Waals surface area contributed by atoms with Crippen LogP contribution in [-0.4, -0.2) is 11.5 Å². The fourth-order valence-corrected chi connectivity index (χ4v) is 2.61. The van der Waals surface area contributed by atoms with Gasteiger partial charge in [0.15, 0.2) is 11.6 Å². The molecule has 1 heterocycles. The normalized spacial score (nSPS) is 24.6. The molecule has 4 heteroatoms. The molecule has 94 valence electrons. The van der Waals surface area contributed by atoms with Gasteiger partial charge in [-0.1, -0.05) is 37.8 Å². The number of anilines is 1. The van der Waals surface area contributed by atoms with Gasteiger partial charge in [0.25, 0.3) is 0 Å². The van der Waals surface area contributed by atoms with E-state index < -0.39 is 0 Å². The van der Waals surface area contributed by atoms with Gasteiger partial charge in [0.2, 0.25) is 0 Å². The Morgan fingerprint density at radius 3 is 2.94 bits per heavy atom. The van der Waals surface area contributed by atoms with Gasteiger partial charge >= 0.3 is 0 Å². The summed E-state index contributed by atoms with van der Waals surface area (Å²) in [7, 11) is 0. The van der Waals surface area contributed by atoms with E-state index in [1.54, 1.807) is 0 Å². The van der Waals surface area contributed by atoms with Gasteiger partial charge in [-0.15, -0.1) is 0 Å². The van der Waals surface area contributed by atoms with Crippen molar-refractivity contribution in [2.75, 3.05) is 11.9 Å². The predicted molar refractivity (Wildman–Crippen MR) is 68.8 cm³/mol. The maximum Gasteiger partial charge on any atom is 0.166 e. The standard InChI is InChI=1S/C13H18ClFN2/c1-9-4-2-3-5-10(9)7-16-13-12(15)6-11(14)8-17-13/h6,8-10H,2-5,7H2,1H3,(H,16,17). The van der Waals surface area contributed by atoms with Crippen molar-refractivity contribution < 1.29 is 4.39 Å². The third kappa shape index (κ3) is 3.32. The second-order valence-electron chi connectivity index (χ2n) is 4.89. The van der Waals surface area contributed by atoms with Crippen LogP contribution in [0.15, 0.2) is 12.3 Å². The minimum Gasteiger partial charge on any atom is -0.367 e. The SMILES string of the molecule is CC1CCCCC1CNc1ncc(Cl)cc1F. The largest absolute Gasteiger partial charge is 0.367 e. The molecular formula is C13H18ClFN2. The van der Waals surface area contributed by atoms with Crippen LogP contribution in [0.5, 0.6) is 0 Å². The van der Waals surface area contributed by atoms with E-state index in [1.165, 1.54) is 37.9 Å². The molecule has 2 atom stereocenters. The number of halogens is 2. The Labute approximate surface area is 107 Å². The zero-order chi connectivity index (χ0) is 12.3. The lowest BCUT2D eigenvalue weighted by Crippen LogP contribution is -2.24.